The Morgan fingerprint density at radius 1 is 1.64 bits per heavy atom. The molecule has 0 fully saturated rings. The highest BCUT2D eigenvalue weighted by Gasteiger charge is 2.10. The highest BCUT2D eigenvalue weighted by Crippen LogP contribution is 2.09. The zero-order valence-electron chi connectivity index (χ0n) is 8.40. The standard InChI is InChI=1S/C9H15N3O2/c1-7(2)12(3-4-13)8-5-9(14)11-6-10-8/h5-7,13H,3-4H2,1-2H3,(H,10,11,14). The van der Waals surface area contributed by atoms with E-state index in [1.807, 2.05) is 18.7 Å². The van der Waals surface area contributed by atoms with Crippen LogP contribution in [0.25, 0.3) is 0 Å². The third-order valence-electron chi connectivity index (χ3n) is 1.92. The molecule has 2 N–H and O–H groups in total. The number of aliphatic hydroxyl groups is 1. The molecule has 1 aromatic heterocycles. The fourth-order valence-electron chi connectivity index (χ4n) is 1.26. The van der Waals surface area contributed by atoms with Gasteiger partial charge in [0.2, 0.25) is 0 Å². The van der Waals surface area contributed by atoms with Crippen LogP contribution < -0.4 is 10.5 Å². The molecule has 1 aromatic rings. The van der Waals surface area contributed by atoms with Crippen molar-refractivity contribution in [1.82, 2.24) is 9.97 Å². The van der Waals surface area contributed by atoms with Gasteiger partial charge in [0, 0.05) is 18.7 Å². The van der Waals surface area contributed by atoms with Gasteiger partial charge in [0.05, 0.1) is 12.9 Å². The van der Waals surface area contributed by atoms with Crippen LogP contribution in [0.2, 0.25) is 0 Å². The molecule has 0 atom stereocenters. The van der Waals surface area contributed by atoms with Gasteiger partial charge >= 0.3 is 0 Å². The summed E-state index contributed by atoms with van der Waals surface area (Å²) in [5.74, 6) is 0.595. The average molecular weight is 197 g/mol. The van der Waals surface area contributed by atoms with Gasteiger partial charge in [-0.3, -0.25) is 4.79 Å². The van der Waals surface area contributed by atoms with Crippen molar-refractivity contribution in [2.24, 2.45) is 0 Å². The maximum absolute atomic E-state index is 11.0. The summed E-state index contributed by atoms with van der Waals surface area (Å²) >= 11 is 0. The van der Waals surface area contributed by atoms with Crippen molar-refractivity contribution >= 4 is 5.82 Å². The predicted molar refractivity (Wildman–Crippen MR) is 54.4 cm³/mol. The maximum Gasteiger partial charge on any atom is 0.252 e. The fraction of sp³-hybridized carbons (Fsp3) is 0.556. The number of anilines is 1. The van der Waals surface area contributed by atoms with Crippen LogP contribution in [0, 0.1) is 0 Å². The molecular weight excluding hydrogens is 182 g/mol. The summed E-state index contributed by atoms with van der Waals surface area (Å²) in [6, 6.07) is 1.63. The smallest absolute Gasteiger partial charge is 0.252 e. The summed E-state index contributed by atoms with van der Waals surface area (Å²) in [6.45, 7) is 4.50. The minimum atomic E-state index is -0.182. The van der Waals surface area contributed by atoms with E-state index in [2.05, 4.69) is 9.97 Å². The van der Waals surface area contributed by atoms with E-state index in [-0.39, 0.29) is 18.2 Å². The summed E-state index contributed by atoms with van der Waals surface area (Å²) in [5, 5.41) is 8.86. The van der Waals surface area contributed by atoms with Crippen molar-refractivity contribution in [3.05, 3.63) is 22.7 Å². The second kappa shape index (κ2) is 4.76. The molecule has 0 radical (unpaired) electrons. The Morgan fingerprint density at radius 3 is 2.86 bits per heavy atom. The first-order valence-electron chi connectivity index (χ1n) is 4.57. The van der Waals surface area contributed by atoms with Crippen LogP contribution >= 0.6 is 0 Å². The van der Waals surface area contributed by atoms with E-state index in [9.17, 15) is 4.79 Å². The summed E-state index contributed by atoms with van der Waals surface area (Å²) in [4.78, 5) is 19.4. The Hall–Kier alpha value is -1.36. The fourth-order valence-corrected chi connectivity index (χ4v) is 1.26. The lowest BCUT2D eigenvalue weighted by Crippen LogP contribution is -2.34. The molecule has 0 bridgehead atoms. The molecule has 1 heterocycles. The van der Waals surface area contributed by atoms with Crippen molar-refractivity contribution < 1.29 is 5.11 Å². The SMILES string of the molecule is CC(C)N(CCO)c1cc(=O)[nH]cn1. The van der Waals surface area contributed by atoms with Gasteiger partial charge in [0.15, 0.2) is 0 Å². The van der Waals surface area contributed by atoms with Crippen molar-refractivity contribution in [1.29, 1.82) is 0 Å². The summed E-state index contributed by atoms with van der Waals surface area (Å²) in [6.07, 6.45) is 1.37. The number of nitrogens with one attached hydrogen (secondary N) is 1. The number of aromatic amines is 1. The number of rotatable bonds is 4. The second-order valence-corrected chi connectivity index (χ2v) is 3.28. The third kappa shape index (κ3) is 2.56. The van der Waals surface area contributed by atoms with Crippen LogP contribution in [0.1, 0.15) is 13.8 Å². The van der Waals surface area contributed by atoms with Crippen molar-refractivity contribution in [3.8, 4) is 0 Å². The first-order chi connectivity index (χ1) is 6.65. The Morgan fingerprint density at radius 2 is 2.36 bits per heavy atom. The first kappa shape index (κ1) is 10.7. The zero-order chi connectivity index (χ0) is 10.6. The van der Waals surface area contributed by atoms with Crippen LogP contribution in [-0.4, -0.2) is 34.3 Å². The molecule has 0 spiro atoms. The largest absolute Gasteiger partial charge is 0.395 e. The minimum Gasteiger partial charge on any atom is -0.395 e. The van der Waals surface area contributed by atoms with E-state index in [1.165, 1.54) is 12.4 Å². The predicted octanol–water partition coefficient (Wildman–Crippen LogP) is -0.0230. The first-order valence-corrected chi connectivity index (χ1v) is 4.57. The van der Waals surface area contributed by atoms with E-state index >= 15 is 0 Å². The van der Waals surface area contributed by atoms with Gasteiger partial charge in [0.1, 0.15) is 5.82 Å². The zero-order valence-corrected chi connectivity index (χ0v) is 8.40. The molecular formula is C9H15N3O2. The second-order valence-electron chi connectivity index (χ2n) is 3.28. The van der Waals surface area contributed by atoms with E-state index in [0.29, 0.717) is 12.4 Å². The number of nitrogens with zero attached hydrogens (tertiary/aromatic N) is 2. The normalized spacial score (nSPS) is 10.6. The summed E-state index contributed by atoms with van der Waals surface area (Å²) in [5.41, 5.74) is -0.182. The highest BCUT2D eigenvalue weighted by atomic mass is 16.3. The van der Waals surface area contributed by atoms with E-state index in [1.54, 1.807) is 0 Å². The van der Waals surface area contributed by atoms with E-state index in [4.69, 9.17) is 5.11 Å². The van der Waals surface area contributed by atoms with E-state index in [0.717, 1.165) is 0 Å². The monoisotopic (exact) mass is 197 g/mol. The molecule has 0 amide bonds. The van der Waals surface area contributed by atoms with Gasteiger partial charge in [-0.15, -0.1) is 0 Å². The third-order valence-corrected chi connectivity index (χ3v) is 1.92. The van der Waals surface area contributed by atoms with Gasteiger partial charge in [-0.1, -0.05) is 0 Å². The van der Waals surface area contributed by atoms with Crippen LogP contribution in [0.4, 0.5) is 5.82 Å². The van der Waals surface area contributed by atoms with Crippen molar-refractivity contribution in [2.45, 2.75) is 19.9 Å². The molecule has 5 nitrogen and oxygen atoms in total. The number of H-pyrrole nitrogens is 1. The molecule has 0 unspecified atom stereocenters. The molecule has 0 saturated carbocycles. The topological polar surface area (TPSA) is 69.2 Å². The van der Waals surface area contributed by atoms with Crippen LogP contribution in [-0.2, 0) is 0 Å². The molecule has 0 aliphatic carbocycles. The quantitative estimate of drug-likeness (QED) is 0.711. The Kier molecular flexibility index (Phi) is 3.64. The lowest BCUT2D eigenvalue weighted by atomic mass is 10.3. The summed E-state index contributed by atoms with van der Waals surface area (Å²) < 4.78 is 0. The number of aliphatic hydroxyl groups excluding tert-OH is 1. The van der Waals surface area contributed by atoms with Gasteiger partial charge in [-0.2, -0.15) is 0 Å². The van der Waals surface area contributed by atoms with Crippen molar-refractivity contribution in [2.75, 3.05) is 18.1 Å². The Labute approximate surface area is 82.4 Å². The molecule has 5 heteroatoms. The molecule has 14 heavy (non-hydrogen) atoms. The molecule has 0 aliphatic rings. The molecule has 0 saturated heterocycles. The minimum absolute atomic E-state index is 0.0483. The van der Waals surface area contributed by atoms with Gasteiger partial charge in [-0.05, 0) is 13.8 Å². The van der Waals surface area contributed by atoms with Gasteiger partial charge in [-0.25, -0.2) is 4.98 Å². The van der Waals surface area contributed by atoms with Crippen LogP contribution in [0.5, 0.6) is 0 Å². The summed E-state index contributed by atoms with van der Waals surface area (Å²) in [7, 11) is 0. The lowest BCUT2D eigenvalue weighted by Gasteiger charge is -2.26. The molecule has 1 rings (SSSR count). The number of aromatic nitrogens is 2. The Balaban J connectivity index is 2.93. The molecule has 0 aliphatic heterocycles. The van der Waals surface area contributed by atoms with Crippen LogP contribution in [0.3, 0.4) is 0 Å². The van der Waals surface area contributed by atoms with Gasteiger partial charge < -0.3 is 15.0 Å². The number of hydrogen-bond donors (Lipinski definition) is 2. The average Bonchev–Trinajstić information content (AvgIpc) is 2.13. The molecule has 78 valence electrons. The maximum atomic E-state index is 11.0. The number of hydrogen-bond acceptors (Lipinski definition) is 4. The van der Waals surface area contributed by atoms with Crippen molar-refractivity contribution in [3.63, 3.8) is 0 Å². The Bertz CT molecular complexity index is 335. The lowest BCUT2D eigenvalue weighted by molar-refractivity contribution is 0.298. The van der Waals surface area contributed by atoms with Gasteiger partial charge in [0.25, 0.3) is 5.56 Å². The highest BCUT2D eigenvalue weighted by molar-refractivity contribution is 5.37. The van der Waals surface area contributed by atoms with Crippen LogP contribution in [0.15, 0.2) is 17.2 Å². The van der Waals surface area contributed by atoms with E-state index < -0.39 is 0 Å². The molecule has 0 aromatic carbocycles.